The fourth-order valence-corrected chi connectivity index (χ4v) is 3.15. The summed E-state index contributed by atoms with van der Waals surface area (Å²) in [5.41, 5.74) is -0.0521. The first-order valence-corrected chi connectivity index (χ1v) is 9.03. The standard InChI is InChI=1S/C15H15O7PS/c1-20-14(12-8-5-9-24-12)15(21-2)13(16)10-6-3-4-7-11(10)22-23(17,18)19/h3-9H,1-2H3,(H2,17,18,19). The smallest absolute Gasteiger partial charge is 0.491 e. The molecule has 7 nitrogen and oxygen atoms in total. The van der Waals surface area contributed by atoms with Crippen LogP contribution >= 0.6 is 19.2 Å². The van der Waals surface area contributed by atoms with Crippen LogP contribution in [0.5, 0.6) is 5.75 Å². The zero-order valence-corrected chi connectivity index (χ0v) is 14.5. The highest BCUT2D eigenvalue weighted by Crippen LogP contribution is 2.40. The molecule has 128 valence electrons. The van der Waals surface area contributed by atoms with Crippen LogP contribution < -0.4 is 4.52 Å². The molecule has 0 fully saturated rings. The van der Waals surface area contributed by atoms with E-state index in [1.165, 1.54) is 43.8 Å². The van der Waals surface area contributed by atoms with Gasteiger partial charge in [0.05, 0.1) is 24.7 Å². The lowest BCUT2D eigenvalue weighted by Gasteiger charge is -2.14. The largest absolute Gasteiger partial charge is 0.524 e. The number of ether oxygens (including phenoxy) is 2. The maximum Gasteiger partial charge on any atom is 0.524 e. The van der Waals surface area contributed by atoms with Crippen LogP contribution in [0.2, 0.25) is 0 Å². The Kier molecular flexibility index (Phi) is 5.80. The van der Waals surface area contributed by atoms with Crippen LogP contribution in [0, 0.1) is 0 Å². The van der Waals surface area contributed by atoms with Crippen molar-refractivity contribution in [3.8, 4) is 5.75 Å². The molecule has 0 aliphatic heterocycles. The van der Waals surface area contributed by atoms with Gasteiger partial charge in [-0.25, -0.2) is 4.57 Å². The number of allylic oxidation sites excluding steroid dienone is 1. The number of hydrogen-bond donors (Lipinski definition) is 2. The number of phosphoric ester groups is 1. The molecule has 0 bridgehead atoms. The lowest BCUT2D eigenvalue weighted by molar-refractivity contribution is 0.0945. The second-order valence-corrected chi connectivity index (χ2v) is 6.56. The molecule has 9 heteroatoms. The van der Waals surface area contributed by atoms with Crippen LogP contribution in [0.3, 0.4) is 0 Å². The van der Waals surface area contributed by atoms with Crippen molar-refractivity contribution in [1.29, 1.82) is 0 Å². The minimum absolute atomic E-state index is 0.0521. The van der Waals surface area contributed by atoms with E-state index in [-0.39, 0.29) is 22.8 Å². The number of Topliss-reactive ketones (excluding diaryl/α,β-unsaturated/α-hetero) is 1. The summed E-state index contributed by atoms with van der Waals surface area (Å²) >= 11 is 1.36. The van der Waals surface area contributed by atoms with Gasteiger partial charge in [-0.05, 0) is 23.6 Å². The van der Waals surface area contributed by atoms with E-state index < -0.39 is 13.6 Å². The number of hydrogen-bond acceptors (Lipinski definition) is 6. The highest BCUT2D eigenvalue weighted by atomic mass is 32.1. The zero-order chi connectivity index (χ0) is 17.7. The first-order valence-electron chi connectivity index (χ1n) is 6.62. The van der Waals surface area contributed by atoms with Crippen molar-refractivity contribution in [2.75, 3.05) is 14.2 Å². The number of thiophene rings is 1. The van der Waals surface area contributed by atoms with Crippen molar-refractivity contribution < 1.29 is 33.1 Å². The maximum atomic E-state index is 12.8. The summed E-state index contributed by atoms with van der Waals surface area (Å²) < 4.78 is 26.1. The molecule has 24 heavy (non-hydrogen) atoms. The van der Waals surface area contributed by atoms with Gasteiger partial charge in [-0.2, -0.15) is 0 Å². The van der Waals surface area contributed by atoms with Gasteiger partial charge in [-0.1, -0.05) is 18.2 Å². The molecule has 0 amide bonds. The van der Waals surface area contributed by atoms with E-state index in [1.54, 1.807) is 18.2 Å². The SMILES string of the molecule is COC(C(=O)c1ccccc1OP(=O)(O)O)=C(OC)c1cccs1. The third kappa shape index (κ3) is 4.24. The fourth-order valence-electron chi connectivity index (χ4n) is 1.99. The molecule has 1 heterocycles. The Hall–Kier alpha value is -2.12. The van der Waals surface area contributed by atoms with Crippen molar-refractivity contribution in [2.45, 2.75) is 0 Å². The molecule has 0 aliphatic carbocycles. The molecule has 0 saturated heterocycles. The van der Waals surface area contributed by atoms with Gasteiger partial charge in [0.2, 0.25) is 11.5 Å². The molecule has 2 rings (SSSR count). The van der Waals surface area contributed by atoms with Crippen LogP contribution in [0.1, 0.15) is 15.2 Å². The molecular formula is C15H15O7PS. The van der Waals surface area contributed by atoms with Crippen molar-refractivity contribution in [3.05, 3.63) is 58.0 Å². The minimum Gasteiger partial charge on any atom is -0.491 e. The van der Waals surface area contributed by atoms with Crippen LogP contribution in [0.4, 0.5) is 0 Å². The molecule has 1 aromatic heterocycles. The highest BCUT2D eigenvalue weighted by Gasteiger charge is 2.26. The summed E-state index contributed by atoms with van der Waals surface area (Å²) in [5, 5.41) is 1.82. The van der Waals surface area contributed by atoms with E-state index >= 15 is 0 Å². The molecule has 0 saturated carbocycles. The van der Waals surface area contributed by atoms with Crippen molar-refractivity contribution in [1.82, 2.24) is 0 Å². The first kappa shape index (κ1) is 18.2. The Morgan fingerprint density at radius 2 is 1.79 bits per heavy atom. The maximum absolute atomic E-state index is 12.8. The molecule has 2 N–H and O–H groups in total. The number of para-hydroxylation sites is 1. The van der Waals surface area contributed by atoms with E-state index in [0.29, 0.717) is 4.88 Å². The number of carbonyl (C=O) groups is 1. The summed E-state index contributed by atoms with van der Waals surface area (Å²) in [5.74, 6) is -0.732. The summed E-state index contributed by atoms with van der Waals surface area (Å²) in [6.07, 6.45) is 0. The summed E-state index contributed by atoms with van der Waals surface area (Å²) in [7, 11) is -2.10. The Labute approximate surface area is 142 Å². The molecule has 2 aromatic rings. The van der Waals surface area contributed by atoms with E-state index in [9.17, 15) is 9.36 Å². The first-order chi connectivity index (χ1) is 11.4. The lowest BCUT2D eigenvalue weighted by Crippen LogP contribution is -2.10. The van der Waals surface area contributed by atoms with Gasteiger partial charge in [0.25, 0.3) is 0 Å². The highest BCUT2D eigenvalue weighted by molar-refractivity contribution is 7.46. The van der Waals surface area contributed by atoms with E-state index in [2.05, 4.69) is 4.52 Å². The van der Waals surface area contributed by atoms with Crippen molar-refractivity contribution in [3.63, 3.8) is 0 Å². The number of phosphoric acid groups is 1. The second kappa shape index (κ2) is 7.63. The van der Waals surface area contributed by atoms with Crippen molar-refractivity contribution in [2.24, 2.45) is 0 Å². The third-order valence-corrected chi connectivity index (χ3v) is 4.22. The van der Waals surface area contributed by atoms with E-state index in [0.717, 1.165) is 0 Å². The molecule has 0 atom stereocenters. The number of ketones is 1. The quantitative estimate of drug-likeness (QED) is 0.334. The van der Waals surface area contributed by atoms with Crippen LogP contribution in [-0.2, 0) is 14.0 Å². The van der Waals surface area contributed by atoms with Crippen molar-refractivity contribution >= 4 is 30.7 Å². The zero-order valence-electron chi connectivity index (χ0n) is 12.8. The number of methoxy groups -OCH3 is 2. The van der Waals surface area contributed by atoms with Gasteiger partial charge in [-0.3, -0.25) is 14.6 Å². The Morgan fingerprint density at radius 1 is 1.08 bits per heavy atom. The summed E-state index contributed by atoms with van der Waals surface area (Å²) in [6.45, 7) is 0. The number of benzene rings is 1. The minimum atomic E-state index is -4.81. The van der Waals surface area contributed by atoms with Crippen LogP contribution in [0.25, 0.3) is 5.76 Å². The average Bonchev–Trinajstić information content (AvgIpc) is 3.05. The molecule has 1 aromatic carbocycles. The topological polar surface area (TPSA) is 102 Å². The van der Waals surface area contributed by atoms with Gasteiger partial charge in [0.1, 0.15) is 5.75 Å². The van der Waals surface area contributed by atoms with Crippen LogP contribution in [0.15, 0.2) is 47.5 Å². The molecule has 0 aliphatic rings. The molecule has 0 spiro atoms. The Bertz CT molecular complexity index is 792. The Balaban J connectivity index is 2.52. The van der Waals surface area contributed by atoms with Gasteiger partial charge in [0, 0.05) is 0 Å². The molecule has 0 unspecified atom stereocenters. The monoisotopic (exact) mass is 370 g/mol. The van der Waals surface area contributed by atoms with Crippen LogP contribution in [-0.4, -0.2) is 29.8 Å². The third-order valence-electron chi connectivity index (χ3n) is 2.91. The second-order valence-electron chi connectivity index (χ2n) is 4.45. The molecule has 0 radical (unpaired) electrons. The fraction of sp³-hybridized carbons (Fsp3) is 0.133. The number of carbonyl (C=O) groups excluding carboxylic acids is 1. The normalized spacial score (nSPS) is 12.3. The summed E-state index contributed by atoms with van der Waals surface area (Å²) in [6, 6.07) is 9.26. The summed E-state index contributed by atoms with van der Waals surface area (Å²) in [4.78, 5) is 31.4. The predicted molar refractivity (Wildman–Crippen MR) is 88.7 cm³/mol. The number of rotatable bonds is 7. The van der Waals surface area contributed by atoms with E-state index in [4.69, 9.17) is 19.3 Å². The van der Waals surface area contributed by atoms with Gasteiger partial charge in [0.15, 0.2) is 5.76 Å². The molecular weight excluding hydrogens is 355 g/mol. The lowest BCUT2D eigenvalue weighted by atomic mass is 10.1. The van der Waals surface area contributed by atoms with Gasteiger partial charge in [-0.15, -0.1) is 11.3 Å². The average molecular weight is 370 g/mol. The van der Waals surface area contributed by atoms with Gasteiger partial charge < -0.3 is 14.0 Å². The van der Waals surface area contributed by atoms with Gasteiger partial charge >= 0.3 is 7.82 Å². The van der Waals surface area contributed by atoms with E-state index in [1.807, 2.05) is 5.38 Å². The predicted octanol–water partition coefficient (Wildman–Crippen LogP) is 3.06. The Morgan fingerprint density at radius 3 is 2.33 bits per heavy atom.